The maximum absolute atomic E-state index is 11.9. The van der Waals surface area contributed by atoms with Crippen molar-refractivity contribution in [3.05, 3.63) is 30.1 Å². The molecule has 2 rings (SSSR count). The highest BCUT2D eigenvalue weighted by Crippen LogP contribution is 2.06. The van der Waals surface area contributed by atoms with Crippen LogP contribution in [0.3, 0.4) is 0 Å². The van der Waals surface area contributed by atoms with Crippen molar-refractivity contribution in [1.29, 1.82) is 0 Å². The van der Waals surface area contributed by atoms with Crippen LogP contribution in [0.25, 0.3) is 0 Å². The third-order valence-corrected chi connectivity index (χ3v) is 4.80. The van der Waals surface area contributed by atoms with Gasteiger partial charge in [-0.3, -0.25) is 4.98 Å². The molecule has 0 unspecified atom stereocenters. The van der Waals surface area contributed by atoms with E-state index in [0.29, 0.717) is 19.6 Å². The minimum atomic E-state index is -3.27. The molecule has 0 amide bonds. The number of nitrogens with zero attached hydrogens (tertiary/aromatic N) is 1. The van der Waals surface area contributed by atoms with E-state index >= 15 is 0 Å². The van der Waals surface area contributed by atoms with Crippen LogP contribution < -0.4 is 10.0 Å². The standard InChI is InChI=1S/C14H23N3O3S/c18-21(19,12-6-13-3-1-2-7-16-13)17-10-11-20-14-4-8-15-9-5-14/h1-3,7,14-15,17H,4-6,8-12H2. The summed E-state index contributed by atoms with van der Waals surface area (Å²) < 4.78 is 31.9. The topological polar surface area (TPSA) is 80.3 Å². The second kappa shape index (κ2) is 8.43. The Morgan fingerprint density at radius 1 is 1.33 bits per heavy atom. The van der Waals surface area contributed by atoms with Gasteiger partial charge in [0.2, 0.25) is 10.0 Å². The Morgan fingerprint density at radius 3 is 2.86 bits per heavy atom. The van der Waals surface area contributed by atoms with Crippen LogP contribution in [-0.2, 0) is 21.2 Å². The first kappa shape index (κ1) is 16.4. The van der Waals surface area contributed by atoms with Crippen LogP contribution in [0.1, 0.15) is 18.5 Å². The molecule has 1 aliphatic heterocycles. The van der Waals surface area contributed by atoms with Gasteiger partial charge in [0.15, 0.2) is 0 Å². The van der Waals surface area contributed by atoms with Gasteiger partial charge in [0.05, 0.1) is 18.5 Å². The summed E-state index contributed by atoms with van der Waals surface area (Å²) in [7, 11) is -3.27. The lowest BCUT2D eigenvalue weighted by Gasteiger charge is -2.22. The minimum Gasteiger partial charge on any atom is -0.377 e. The molecule has 1 aromatic rings. The summed E-state index contributed by atoms with van der Waals surface area (Å²) in [6.07, 6.45) is 4.33. The van der Waals surface area contributed by atoms with E-state index in [0.717, 1.165) is 31.6 Å². The van der Waals surface area contributed by atoms with Gasteiger partial charge in [-0.1, -0.05) is 6.07 Å². The summed E-state index contributed by atoms with van der Waals surface area (Å²) in [5.74, 6) is 0.0529. The van der Waals surface area contributed by atoms with Crippen LogP contribution in [0.2, 0.25) is 0 Å². The molecule has 0 spiro atoms. The molecule has 1 aromatic heterocycles. The van der Waals surface area contributed by atoms with Crippen molar-refractivity contribution in [2.45, 2.75) is 25.4 Å². The Labute approximate surface area is 126 Å². The van der Waals surface area contributed by atoms with Crippen LogP contribution in [-0.4, -0.2) is 51.5 Å². The van der Waals surface area contributed by atoms with Gasteiger partial charge in [-0.2, -0.15) is 0 Å². The van der Waals surface area contributed by atoms with E-state index in [1.807, 2.05) is 18.2 Å². The van der Waals surface area contributed by atoms with E-state index in [1.54, 1.807) is 6.20 Å². The molecule has 0 bridgehead atoms. The van der Waals surface area contributed by atoms with Gasteiger partial charge in [-0.25, -0.2) is 13.1 Å². The lowest BCUT2D eigenvalue weighted by Crippen LogP contribution is -2.35. The molecule has 0 aromatic carbocycles. The van der Waals surface area contributed by atoms with E-state index in [9.17, 15) is 8.42 Å². The van der Waals surface area contributed by atoms with Crippen molar-refractivity contribution < 1.29 is 13.2 Å². The molecule has 0 aliphatic carbocycles. The Morgan fingerprint density at radius 2 is 2.14 bits per heavy atom. The van der Waals surface area contributed by atoms with Crippen LogP contribution in [0.4, 0.5) is 0 Å². The highest BCUT2D eigenvalue weighted by atomic mass is 32.2. The van der Waals surface area contributed by atoms with E-state index in [1.165, 1.54) is 0 Å². The molecule has 0 radical (unpaired) electrons. The number of pyridine rings is 1. The molecular weight excluding hydrogens is 290 g/mol. The van der Waals surface area contributed by atoms with E-state index in [-0.39, 0.29) is 11.9 Å². The lowest BCUT2D eigenvalue weighted by molar-refractivity contribution is 0.0367. The quantitative estimate of drug-likeness (QED) is 0.675. The fraction of sp³-hybridized carbons (Fsp3) is 0.643. The van der Waals surface area contributed by atoms with Crippen LogP contribution >= 0.6 is 0 Å². The SMILES string of the molecule is O=S(=O)(CCc1ccccn1)NCCOC1CCNCC1. The molecule has 2 heterocycles. The first-order valence-electron chi connectivity index (χ1n) is 7.35. The van der Waals surface area contributed by atoms with Gasteiger partial charge in [-0.15, -0.1) is 0 Å². The summed E-state index contributed by atoms with van der Waals surface area (Å²) in [5, 5.41) is 3.26. The predicted molar refractivity (Wildman–Crippen MR) is 81.6 cm³/mol. The summed E-state index contributed by atoms with van der Waals surface area (Å²) in [4.78, 5) is 4.12. The highest BCUT2D eigenvalue weighted by Gasteiger charge is 2.14. The fourth-order valence-corrected chi connectivity index (χ4v) is 3.26. The molecule has 0 saturated carbocycles. The van der Waals surface area contributed by atoms with Gasteiger partial charge in [0.25, 0.3) is 0 Å². The monoisotopic (exact) mass is 313 g/mol. The zero-order valence-corrected chi connectivity index (χ0v) is 12.9. The van der Waals surface area contributed by atoms with E-state index in [2.05, 4.69) is 15.0 Å². The molecule has 1 saturated heterocycles. The van der Waals surface area contributed by atoms with Gasteiger partial charge in [-0.05, 0) is 38.1 Å². The van der Waals surface area contributed by atoms with E-state index in [4.69, 9.17) is 4.74 Å². The second-order valence-corrected chi connectivity index (χ2v) is 7.03. The number of aromatic nitrogens is 1. The highest BCUT2D eigenvalue weighted by molar-refractivity contribution is 7.89. The third kappa shape index (κ3) is 6.52. The molecule has 118 valence electrons. The fourth-order valence-electron chi connectivity index (χ4n) is 2.24. The predicted octanol–water partition coefficient (Wildman–Crippen LogP) is 0.312. The number of aryl methyl sites for hydroxylation is 1. The minimum absolute atomic E-state index is 0.0529. The van der Waals surface area contributed by atoms with Gasteiger partial charge >= 0.3 is 0 Å². The maximum Gasteiger partial charge on any atom is 0.212 e. The summed E-state index contributed by atoms with van der Waals surface area (Å²) >= 11 is 0. The van der Waals surface area contributed by atoms with Crippen molar-refractivity contribution in [3.8, 4) is 0 Å². The second-order valence-electron chi connectivity index (χ2n) is 5.10. The number of hydrogen-bond acceptors (Lipinski definition) is 5. The average Bonchev–Trinajstić information content (AvgIpc) is 2.52. The maximum atomic E-state index is 11.9. The van der Waals surface area contributed by atoms with Crippen molar-refractivity contribution in [2.75, 3.05) is 32.0 Å². The average molecular weight is 313 g/mol. The van der Waals surface area contributed by atoms with Crippen molar-refractivity contribution in [3.63, 3.8) is 0 Å². The number of piperidine rings is 1. The first-order valence-corrected chi connectivity index (χ1v) is 9.00. The summed E-state index contributed by atoms with van der Waals surface area (Å²) in [6.45, 7) is 2.70. The molecule has 0 atom stereocenters. The first-order chi connectivity index (χ1) is 10.2. The lowest BCUT2D eigenvalue weighted by atomic mass is 10.1. The Bertz CT molecular complexity index is 501. The molecule has 6 nitrogen and oxygen atoms in total. The van der Waals surface area contributed by atoms with Crippen molar-refractivity contribution >= 4 is 10.0 Å². The van der Waals surface area contributed by atoms with Crippen LogP contribution in [0.15, 0.2) is 24.4 Å². The largest absolute Gasteiger partial charge is 0.377 e. The van der Waals surface area contributed by atoms with E-state index < -0.39 is 10.0 Å². The van der Waals surface area contributed by atoms with Gasteiger partial charge in [0.1, 0.15) is 0 Å². The number of hydrogen-bond donors (Lipinski definition) is 2. The summed E-state index contributed by atoms with van der Waals surface area (Å²) in [6, 6.07) is 5.50. The van der Waals surface area contributed by atoms with Crippen LogP contribution in [0.5, 0.6) is 0 Å². The Balaban J connectivity index is 1.62. The molecule has 1 aliphatic rings. The smallest absolute Gasteiger partial charge is 0.212 e. The Hall–Kier alpha value is -1.02. The number of rotatable bonds is 8. The van der Waals surface area contributed by atoms with Crippen molar-refractivity contribution in [1.82, 2.24) is 15.0 Å². The molecule has 21 heavy (non-hydrogen) atoms. The summed E-state index contributed by atoms with van der Waals surface area (Å²) in [5.41, 5.74) is 0.786. The zero-order valence-electron chi connectivity index (χ0n) is 12.1. The number of ether oxygens (including phenoxy) is 1. The van der Waals surface area contributed by atoms with Crippen LogP contribution in [0, 0.1) is 0 Å². The normalized spacial score (nSPS) is 17.0. The Kier molecular flexibility index (Phi) is 6.56. The zero-order chi connectivity index (χ0) is 15.0. The third-order valence-electron chi connectivity index (χ3n) is 3.42. The molecule has 2 N–H and O–H groups in total. The van der Waals surface area contributed by atoms with Crippen molar-refractivity contribution in [2.24, 2.45) is 0 Å². The molecule has 7 heteroatoms. The molecular formula is C14H23N3O3S. The van der Waals surface area contributed by atoms with Gasteiger partial charge in [0, 0.05) is 24.9 Å². The number of nitrogens with one attached hydrogen (secondary N) is 2. The number of sulfonamides is 1. The van der Waals surface area contributed by atoms with Gasteiger partial charge < -0.3 is 10.1 Å². The molecule has 1 fully saturated rings.